The molecule has 0 aliphatic heterocycles. The van der Waals surface area contributed by atoms with Crippen molar-refractivity contribution < 1.29 is 12.8 Å². The van der Waals surface area contributed by atoms with E-state index in [0.29, 0.717) is 23.6 Å². The van der Waals surface area contributed by atoms with E-state index >= 15 is 0 Å². The van der Waals surface area contributed by atoms with Crippen LogP contribution in [0.3, 0.4) is 0 Å². The number of hydrogen-bond acceptors (Lipinski definition) is 4. The van der Waals surface area contributed by atoms with Gasteiger partial charge in [0.15, 0.2) is 15.8 Å². The first-order chi connectivity index (χ1) is 14.4. The summed E-state index contributed by atoms with van der Waals surface area (Å²) in [7, 11) is -1.59. The molecule has 0 aliphatic carbocycles. The SMILES string of the molecule is CN=C(NCc1cc(F)ccc1CS(C)(=O)=O)NCc1ccccc1-n1ccnc1.I. The van der Waals surface area contributed by atoms with Crippen LogP contribution in [0.5, 0.6) is 0 Å². The second-order valence-corrected chi connectivity index (χ2v) is 9.00. The number of benzene rings is 2. The maximum atomic E-state index is 13.7. The van der Waals surface area contributed by atoms with Crippen molar-refractivity contribution in [1.29, 1.82) is 0 Å². The van der Waals surface area contributed by atoms with E-state index in [1.54, 1.807) is 19.6 Å². The normalized spacial score (nSPS) is 11.6. The minimum atomic E-state index is -3.23. The van der Waals surface area contributed by atoms with Crippen LogP contribution < -0.4 is 10.6 Å². The first-order valence-electron chi connectivity index (χ1n) is 9.31. The van der Waals surface area contributed by atoms with Crippen LogP contribution in [0.4, 0.5) is 4.39 Å². The molecule has 1 heterocycles. The number of sulfone groups is 1. The van der Waals surface area contributed by atoms with Gasteiger partial charge in [0.05, 0.1) is 17.8 Å². The van der Waals surface area contributed by atoms with Crippen LogP contribution in [-0.4, -0.2) is 37.2 Å². The molecule has 0 saturated heterocycles. The van der Waals surface area contributed by atoms with E-state index in [9.17, 15) is 12.8 Å². The van der Waals surface area contributed by atoms with Gasteiger partial charge in [-0.1, -0.05) is 24.3 Å². The largest absolute Gasteiger partial charge is 0.352 e. The molecule has 1 aromatic heterocycles. The summed E-state index contributed by atoms with van der Waals surface area (Å²) >= 11 is 0. The number of hydrogen-bond donors (Lipinski definition) is 2. The molecule has 0 amide bonds. The van der Waals surface area contributed by atoms with Crippen LogP contribution in [0.25, 0.3) is 5.69 Å². The first-order valence-corrected chi connectivity index (χ1v) is 11.4. The van der Waals surface area contributed by atoms with Crippen molar-refractivity contribution in [3.8, 4) is 5.69 Å². The summed E-state index contributed by atoms with van der Waals surface area (Å²) < 4.78 is 39.0. The number of nitrogens with zero attached hydrogens (tertiary/aromatic N) is 3. The van der Waals surface area contributed by atoms with E-state index in [2.05, 4.69) is 20.6 Å². The number of nitrogens with one attached hydrogen (secondary N) is 2. The molecule has 7 nitrogen and oxygen atoms in total. The fourth-order valence-electron chi connectivity index (χ4n) is 3.07. The quantitative estimate of drug-likeness (QED) is 0.265. The van der Waals surface area contributed by atoms with Crippen molar-refractivity contribution in [1.82, 2.24) is 20.2 Å². The summed E-state index contributed by atoms with van der Waals surface area (Å²) in [5.41, 5.74) is 3.18. The molecule has 3 aromatic rings. The third-order valence-corrected chi connectivity index (χ3v) is 5.31. The van der Waals surface area contributed by atoms with Crippen LogP contribution in [0.2, 0.25) is 0 Å². The molecule has 0 unspecified atom stereocenters. The predicted molar refractivity (Wildman–Crippen MR) is 131 cm³/mol. The van der Waals surface area contributed by atoms with Crippen molar-refractivity contribution in [3.05, 3.63) is 83.7 Å². The summed E-state index contributed by atoms with van der Waals surface area (Å²) in [6.07, 6.45) is 6.49. The zero-order valence-corrected chi connectivity index (χ0v) is 20.4. The van der Waals surface area contributed by atoms with Gasteiger partial charge in [-0.05, 0) is 34.9 Å². The lowest BCUT2D eigenvalue weighted by molar-refractivity contribution is 0.599. The number of imidazole rings is 1. The van der Waals surface area contributed by atoms with E-state index in [-0.39, 0.29) is 36.3 Å². The number of para-hydroxylation sites is 1. The highest BCUT2D eigenvalue weighted by Gasteiger charge is 2.11. The summed E-state index contributed by atoms with van der Waals surface area (Å²) in [5.74, 6) is -0.0412. The van der Waals surface area contributed by atoms with Crippen molar-refractivity contribution in [2.45, 2.75) is 18.8 Å². The number of halogens is 2. The lowest BCUT2D eigenvalue weighted by Crippen LogP contribution is -2.36. The Balaban J connectivity index is 0.00000341. The molecular formula is C21H25FIN5O2S. The number of aliphatic imine (C=N–C) groups is 1. The zero-order chi connectivity index (χ0) is 21.6. The lowest BCUT2D eigenvalue weighted by atomic mass is 10.1. The smallest absolute Gasteiger partial charge is 0.191 e. The van der Waals surface area contributed by atoms with Gasteiger partial charge < -0.3 is 15.2 Å². The lowest BCUT2D eigenvalue weighted by Gasteiger charge is -2.16. The molecule has 2 N–H and O–H groups in total. The molecule has 0 aliphatic rings. The highest BCUT2D eigenvalue weighted by atomic mass is 127. The average molecular weight is 557 g/mol. The van der Waals surface area contributed by atoms with Crippen LogP contribution in [0.15, 0.2) is 66.2 Å². The van der Waals surface area contributed by atoms with Crippen LogP contribution in [0.1, 0.15) is 16.7 Å². The number of rotatable bonds is 7. The molecule has 0 fully saturated rings. The van der Waals surface area contributed by atoms with Crippen molar-refractivity contribution in [2.75, 3.05) is 13.3 Å². The highest BCUT2D eigenvalue weighted by molar-refractivity contribution is 14.0. The van der Waals surface area contributed by atoms with E-state index in [4.69, 9.17) is 0 Å². The summed E-state index contributed by atoms with van der Waals surface area (Å²) in [4.78, 5) is 8.29. The molecule has 166 valence electrons. The summed E-state index contributed by atoms with van der Waals surface area (Å²) in [6, 6.07) is 12.0. The molecule has 3 rings (SSSR count). The Bertz CT molecular complexity index is 1130. The van der Waals surface area contributed by atoms with E-state index in [1.165, 1.54) is 18.2 Å². The third kappa shape index (κ3) is 7.31. The Kier molecular flexibility index (Phi) is 8.99. The van der Waals surface area contributed by atoms with Gasteiger partial charge in [-0.3, -0.25) is 4.99 Å². The Hall–Kier alpha value is -2.47. The van der Waals surface area contributed by atoms with Crippen LogP contribution >= 0.6 is 24.0 Å². The van der Waals surface area contributed by atoms with Gasteiger partial charge in [-0.2, -0.15) is 0 Å². The molecule has 0 spiro atoms. The third-order valence-electron chi connectivity index (χ3n) is 4.48. The minimum Gasteiger partial charge on any atom is -0.352 e. The fourth-order valence-corrected chi connectivity index (χ4v) is 3.92. The van der Waals surface area contributed by atoms with Gasteiger partial charge in [-0.25, -0.2) is 17.8 Å². The fraction of sp³-hybridized carbons (Fsp3) is 0.238. The Morgan fingerprint density at radius 3 is 2.45 bits per heavy atom. The predicted octanol–water partition coefficient (Wildman–Crippen LogP) is 3.04. The van der Waals surface area contributed by atoms with Gasteiger partial charge in [-0.15, -0.1) is 24.0 Å². The number of aromatic nitrogens is 2. The van der Waals surface area contributed by atoms with Gasteiger partial charge in [0.1, 0.15) is 5.82 Å². The molecule has 2 aromatic carbocycles. The van der Waals surface area contributed by atoms with E-state index in [0.717, 1.165) is 17.5 Å². The topological polar surface area (TPSA) is 88.4 Å². The standard InChI is InChI=1S/C21H24FN5O2S.HI/c1-23-21(25-12-16-5-3-4-6-20(16)27-10-9-24-15-27)26-13-18-11-19(22)8-7-17(18)14-30(2,28)29;/h3-11,15H,12-14H2,1-2H3,(H2,23,25,26);1H. The van der Waals surface area contributed by atoms with E-state index < -0.39 is 15.7 Å². The van der Waals surface area contributed by atoms with Gasteiger partial charge in [0.2, 0.25) is 0 Å². The molecule has 0 radical (unpaired) electrons. The van der Waals surface area contributed by atoms with Gasteiger partial charge >= 0.3 is 0 Å². The van der Waals surface area contributed by atoms with Crippen molar-refractivity contribution >= 4 is 39.8 Å². The summed E-state index contributed by atoms with van der Waals surface area (Å²) in [6.45, 7) is 0.749. The maximum absolute atomic E-state index is 13.7. The van der Waals surface area contributed by atoms with E-state index in [1.807, 2.05) is 35.0 Å². The highest BCUT2D eigenvalue weighted by Crippen LogP contribution is 2.15. The number of guanidine groups is 1. The van der Waals surface area contributed by atoms with Gasteiger partial charge in [0, 0.05) is 38.8 Å². The van der Waals surface area contributed by atoms with Gasteiger partial charge in [0.25, 0.3) is 0 Å². The second-order valence-electron chi connectivity index (χ2n) is 6.86. The monoisotopic (exact) mass is 557 g/mol. The molecule has 31 heavy (non-hydrogen) atoms. The first kappa shape index (κ1) is 24.8. The Morgan fingerprint density at radius 2 is 1.81 bits per heavy atom. The van der Waals surface area contributed by atoms with Crippen LogP contribution in [-0.2, 0) is 28.7 Å². The van der Waals surface area contributed by atoms with Crippen molar-refractivity contribution in [3.63, 3.8) is 0 Å². The molecule has 10 heteroatoms. The average Bonchev–Trinajstić information content (AvgIpc) is 3.24. The molecule has 0 atom stereocenters. The maximum Gasteiger partial charge on any atom is 0.191 e. The Labute approximate surface area is 198 Å². The zero-order valence-electron chi connectivity index (χ0n) is 17.2. The Morgan fingerprint density at radius 1 is 1.10 bits per heavy atom. The molecule has 0 saturated carbocycles. The molecular weight excluding hydrogens is 532 g/mol. The second kappa shape index (κ2) is 11.2. The van der Waals surface area contributed by atoms with Crippen molar-refractivity contribution in [2.24, 2.45) is 4.99 Å². The minimum absolute atomic E-state index is 0. The molecule has 0 bridgehead atoms. The summed E-state index contributed by atoms with van der Waals surface area (Å²) in [5, 5.41) is 6.36. The van der Waals surface area contributed by atoms with Crippen LogP contribution in [0, 0.1) is 5.82 Å².